The molecule has 0 bridgehead atoms. The number of sulfonamides is 2. The number of benzene rings is 2. The molecule has 0 fully saturated rings. The molecule has 29 heavy (non-hydrogen) atoms. The number of nitrogens with zero attached hydrogens (tertiary/aromatic N) is 1. The lowest BCUT2D eigenvalue weighted by Gasteiger charge is -2.30. The van der Waals surface area contributed by atoms with Gasteiger partial charge in [-0.1, -0.05) is 18.2 Å². The van der Waals surface area contributed by atoms with E-state index in [9.17, 15) is 16.8 Å². The number of fused-ring (bicyclic) bond motifs is 1. The highest BCUT2D eigenvalue weighted by atomic mass is 79.9. The van der Waals surface area contributed by atoms with Gasteiger partial charge in [0.15, 0.2) is 0 Å². The molecule has 6 nitrogen and oxygen atoms in total. The van der Waals surface area contributed by atoms with Crippen LogP contribution in [0, 0.1) is 0 Å². The number of aryl methyl sites for hydroxylation is 1. The van der Waals surface area contributed by atoms with Crippen molar-refractivity contribution >= 4 is 58.7 Å². The highest BCUT2D eigenvalue weighted by molar-refractivity contribution is 9.11. The molecule has 0 saturated carbocycles. The number of rotatable bonds is 5. The fourth-order valence-electron chi connectivity index (χ4n) is 3.24. The minimum Gasteiger partial charge on any atom is -0.279 e. The molecule has 3 aromatic rings. The van der Waals surface area contributed by atoms with E-state index in [1.807, 2.05) is 0 Å². The van der Waals surface area contributed by atoms with Crippen LogP contribution in [-0.4, -0.2) is 23.4 Å². The predicted octanol–water partition coefficient (Wildman–Crippen LogP) is 4.45. The fourth-order valence-corrected chi connectivity index (χ4v) is 7.86. The molecule has 152 valence electrons. The molecule has 1 aromatic heterocycles. The number of nitrogens with one attached hydrogen (secondary N) is 1. The van der Waals surface area contributed by atoms with Crippen LogP contribution >= 0.6 is 27.3 Å². The van der Waals surface area contributed by atoms with Gasteiger partial charge in [-0.3, -0.25) is 9.03 Å². The summed E-state index contributed by atoms with van der Waals surface area (Å²) in [5, 5.41) is 0. The van der Waals surface area contributed by atoms with Crippen LogP contribution in [0.5, 0.6) is 0 Å². The van der Waals surface area contributed by atoms with E-state index in [0.717, 1.165) is 20.7 Å². The van der Waals surface area contributed by atoms with Crippen molar-refractivity contribution in [3.8, 4) is 0 Å². The van der Waals surface area contributed by atoms with Crippen LogP contribution in [0.25, 0.3) is 0 Å². The molecule has 0 unspecified atom stereocenters. The summed E-state index contributed by atoms with van der Waals surface area (Å²) in [6.45, 7) is 0.387. The van der Waals surface area contributed by atoms with Gasteiger partial charge < -0.3 is 0 Å². The standard InChI is InChI=1S/C19H17BrN2O4S3/c20-18-10-11-19(27-18)28(23,24)21-15-8-9-17-14(13-15)5-4-12-22(17)29(25,26)16-6-2-1-3-7-16/h1-3,6-11,13,21H,4-5,12H2. The largest absolute Gasteiger partial charge is 0.279 e. The van der Waals surface area contributed by atoms with Crippen LogP contribution in [0.15, 0.2) is 73.6 Å². The topological polar surface area (TPSA) is 83.6 Å². The summed E-state index contributed by atoms with van der Waals surface area (Å²) in [7, 11) is -7.37. The lowest BCUT2D eigenvalue weighted by molar-refractivity contribution is 0.586. The Hall–Kier alpha value is -1.88. The Balaban J connectivity index is 1.66. The Morgan fingerprint density at radius 3 is 2.41 bits per heavy atom. The Labute approximate surface area is 182 Å². The minimum atomic E-state index is -3.70. The number of hydrogen-bond acceptors (Lipinski definition) is 5. The molecule has 0 atom stereocenters. The summed E-state index contributed by atoms with van der Waals surface area (Å²) in [6.07, 6.45) is 1.34. The van der Waals surface area contributed by atoms with E-state index in [0.29, 0.717) is 30.8 Å². The van der Waals surface area contributed by atoms with Crippen LogP contribution in [0.2, 0.25) is 0 Å². The van der Waals surface area contributed by atoms with Crippen LogP contribution in [-0.2, 0) is 26.5 Å². The molecule has 1 N–H and O–H groups in total. The summed E-state index contributed by atoms with van der Waals surface area (Å²) in [6, 6.07) is 16.5. The molecular weight excluding hydrogens is 496 g/mol. The fraction of sp³-hybridized carbons (Fsp3) is 0.158. The first kappa shape index (κ1) is 20.4. The number of anilines is 2. The van der Waals surface area contributed by atoms with Gasteiger partial charge in [0.1, 0.15) is 4.21 Å². The van der Waals surface area contributed by atoms with Gasteiger partial charge in [-0.25, -0.2) is 16.8 Å². The molecule has 2 heterocycles. The third kappa shape index (κ3) is 4.07. The third-order valence-electron chi connectivity index (χ3n) is 4.55. The second-order valence-corrected chi connectivity index (χ2v) is 12.7. The van der Waals surface area contributed by atoms with E-state index in [-0.39, 0.29) is 9.10 Å². The van der Waals surface area contributed by atoms with Crippen molar-refractivity contribution in [1.82, 2.24) is 0 Å². The monoisotopic (exact) mass is 512 g/mol. The first-order valence-corrected chi connectivity index (χ1v) is 13.3. The molecular formula is C19H17BrN2O4S3. The number of thiophene rings is 1. The molecule has 0 amide bonds. The zero-order valence-electron chi connectivity index (χ0n) is 15.1. The predicted molar refractivity (Wildman–Crippen MR) is 119 cm³/mol. The summed E-state index contributed by atoms with van der Waals surface area (Å²) in [5.74, 6) is 0. The van der Waals surface area contributed by atoms with Gasteiger partial charge in [-0.2, -0.15) is 0 Å². The highest BCUT2D eigenvalue weighted by Gasteiger charge is 2.29. The SMILES string of the molecule is O=S(=O)(Nc1ccc2c(c1)CCCN2S(=O)(=O)c1ccccc1)c1ccc(Br)s1. The highest BCUT2D eigenvalue weighted by Crippen LogP contribution is 2.35. The van der Waals surface area contributed by atoms with Crippen molar-refractivity contribution in [2.75, 3.05) is 15.6 Å². The first-order valence-electron chi connectivity index (χ1n) is 8.76. The van der Waals surface area contributed by atoms with Gasteiger partial charge in [0.25, 0.3) is 20.0 Å². The molecule has 0 saturated heterocycles. The van der Waals surface area contributed by atoms with Crippen LogP contribution in [0.3, 0.4) is 0 Å². The van der Waals surface area contributed by atoms with Gasteiger partial charge in [-0.15, -0.1) is 11.3 Å². The molecule has 0 aliphatic carbocycles. The molecule has 0 spiro atoms. The molecule has 1 aliphatic heterocycles. The van der Waals surface area contributed by atoms with Crippen molar-refractivity contribution in [3.63, 3.8) is 0 Å². The van der Waals surface area contributed by atoms with Crippen molar-refractivity contribution in [2.24, 2.45) is 0 Å². The van der Waals surface area contributed by atoms with E-state index in [1.165, 1.54) is 10.4 Å². The van der Waals surface area contributed by atoms with E-state index in [4.69, 9.17) is 0 Å². The zero-order valence-corrected chi connectivity index (χ0v) is 19.1. The normalized spacial score (nSPS) is 14.4. The first-order chi connectivity index (χ1) is 13.8. The van der Waals surface area contributed by atoms with Crippen molar-refractivity contribution in [2.45, 2.75) is 21.9 Å². The van der Waals surface area contributed by atoms with E-state index < -0.39 is 20.0 Å². The maximum atomic E-state index is 13.1. The molecule has 0 radical (unpaired) electrons. The van der Waals surface area contributed by atoms with Gasteiger partial charge in [0.05, 0.1) is 14.4 Å². The third-order valence-corrected chi connectivity index (χ3v) is 9.88. The minimum absolute atomic E-state index is 0.204. The molecule has 1 aliphatic rings. The molecule has 4 rings (SSSR count). The van der Waals surface area contributed by atoms with Crippen LogP contribution in [0.1, 0.15) is 12.0 Å². The van der Waals surface area contributed by atoms with Crippen molar-refractivity contribution in [3.05, 3.63) is 70.0 Å². The number of halogens is 1. The van der Waals surface area contributed by atoms with Crippen molar-refractivity contribution in [1.29, 1.82) is 0 Å². The lowest BCUT2D eigenvalue weighted by atomic mass is 10.0. The summed E-state index contributed by atoms with van der Waals surface area (Å²) >= 11 is 4.39. The zero-order chi connectivity index (χ0) is 20.6. The van der Waals surface area contributed by atoms with Crippen LogP contribution < -0.4 is 9.03 Å². The maximum Gasteiger partial charge on any atom is 0.271 e. The second kappa shape index (κ2) is 7.75. The quantitative estimate of drug-likeness (QED) is 0.547. The Morgan fingerprint density at radius 1 is 0.966 bits per heavy atom. The van der Waals surface area contributed by atoms with E-state index in [2.05, 4.69) is 20.7 Å². The lowest BCUT2D eigenvalue weighted by Crippen LogP contribution is -2.35. The Kier molecular flexibility index (Phi) is 5.45. The van der Waals surface area contributed by atoms with Gasteiger partial charge in [0.2, 0.25) is 0 Å². The Bertz CT molecular complexity index is 1260. The Morgan fingerprint density at radius 2 is 1.72 bits per heavy atom. The van der Waals surface area contributed by atoms with Gasteiger partial charge in [-0.05, 0) is 76.8 Å². The van der Waals surface area contributed by atoms with Gasteiger partial charge in [0, 0.05) is 12.2 Å². The van der Waals surface area contributed by atoms with Crippen molar-refractivity contribution < 1.29 is 16.8 Å². The summed E-state index contributed by atoms with van der Waals surface area (Å²) < 4.78 is 56.2. The smallest absolute Gasteiger partial charge is 0.271 e. The average molecular weight is 513 g/mol. The summed E-state index contributed by atoms with van der Waals surface area (Å²) in [4.78, 5) is 0.237. The van der Waals surface area contributed by atoms with Gasteiger partial charge >= 0.3 is 0 Å². The average Bonchev–Trinajstić information content (AvgIpc) is 3.15. The van der Waals surface area contributed by atoms with E-state index in [1.54, 1.807) is 54.6 Å². The maximum absolute atomic E-state index is 13.1. The molecule has 2 aromatic carbocycles. The molecule has 10 heteroatoms. The van der Waals surface area contributed by atoms with Crippen LogP contribution in [0.4, 0.5) is 11.4 Å². The second-order valence-electron chi connectivity index (χ2n) is 6.50. The number of hydrogen-bond donors (Lipinski definition) is 1. The summed E-state index contributed by atoms with van der Waals surface area (Å²) in [5.41, 5.74) is 1.79. The van der Waals surface area contributed by atoms with E-state index >= 15 is 0 Å².